The van der Waals surface area contributed by atoms with Gasteiger partial charge in [-0.2, -0.15) is 13.2 Å². The number of carbonyl (C=O) groups excluding carboxylic acids is 1. The second kappa shape index (κ2) is 18.1. The van der Waals surface area contributed by atoms with Crippen LogP contribution in [0.2, 0.25) is 0 Å². The minimum atomic E-state index is -4.28. The van der Waals surface area contributed by atoms with Gasteiger partial charge in [0.25, 0.3) is 5.91 Å². The first-order valence-corrected chi connectivity index (χ1v) is 14.0. The molecule has 0 aliphatic rings. The molecule has 1 heterocycles. The normalized spacial score (nSPS) is 11.2. The molecular weight excluding hydrogens is 553 g/mol. The monoisotopic (exact) mass is 594 g/mol. The molecule has 226 valence electrons. The summed E-state index contributed by atoms with van der Waals surface area (Å²) in [6.45, 7) is 10.5. The maximum atomic E-state index is 12.6. The molecule has 3 rings (SSSR count). The molecule has 0 atom stereocenters. The summed E-state index contributed by atoms with van der Waals surface area (Å²) >= 11 is 1.43. The molecule has 12 heteroatoms. The number of nitrogens with one attached hydrogen (secondary N) is 1. The van der Waals surface area contributed by atoms with Crippen molar-refractivity contribution in [3.63, 3.8) is 0 Å². The molecule has 1 amide bonds. The Labute approximate surface area is 244 Å². The van der Waals surface area contributed by atoms with Crippen LogP contribution in [0.5, 0.6) is 0 Å². The Balaban J connectivity index is 0.000000391. The third-order valence-corrected chi connectivity index (χ3v) is 6.51. The molecule has 0 bridgehead atoms. The van der Waals surface area contributed by atoms with Gasteiger partial charge in [-0.25, -0.2) is 5.84 Å². The summed E-state index contributed by atoms with van der Waals surface area (Å²) in [6.07, 6.45) is -0.985. The number of carbonyl (C=O) groups is 1. The fraction of sp³-hybridized carbons (Fsp3) is 0.379. The summed E-state index contributed by atoms with van der Waals surface area (Å²) in [4.78, 5) is 18.5. The number of halogens is 3. The summed E-state index contributed by atoms with van der Waals surface area (Å²) < 4.78 is 42.6. The molecule has 41 heavy (non-hydrogen) atoms. The Morgan fingerprint density at radius 2 is 1.90 bits per heavy atom. The molecule has 0 saturated heterocycles. The van der Waals surface area contributed by atoms with Gasteiger partial charge in [0.2, 0.25) is 0 Å². The number of rotatable bonds is 10. The van der Waals surface area contributed by atoms with Crippen LogP contribution in [-0.2, 0) is 17.5 Å². The number of ether oxygens (including phenoxy) is 1. The number of methoxy groups -OCH3 is 1. The highest BCUT2D eigenvalue weighted by Gasteiger charge is 2.30. The van der Waals surface area contributed by atoms with Crippen LogP contribution in [-0.4, -0.2) is 49.6 Å². The lowest BCUT2D eigenvalue weighted by atomic mass is 10.1. The highest BCUT2D eigenvalue weighted by Crippen LogP contribution is 2.29. The number of hydrazine groups is 1. The fourth-order valence-corrected chi connectivity index (χ4v) is 4.03. The van der Waals surface area contributed by atoms with Crippen molar-refractivity contribution in [1.82, 2.24) is 15.2 Å². The van der Waals surface area contributed by atoms with E-state index in [1.54, 1.807) is 50.3 Å². The van der Waals surface area contributed by atoms with Crippen molar-refractivity contribution in [3.05, 3.63) is 87.5 Å². The van der Waals surface area contributed by atoms with E-state index in [1.807, 2.05) is 38.7 Å². The molecule has 2 aromatic carbocycles. The van der Waals surface area contributed by atoms with Crippen molar-refractivity contribution in [2.45, 2.75) is 40.4 Å². The van der Waals surface area contributed by atoms with E-state index in [2.05, 4.69) is 10.3 Å². The molecule has 0 radical (unpaired) electrons. The van der Waals surface area contributed by atoms with Crippen LogP contribution in [0.4, 0.5) is 18.9 Å². The summed E-state index contributed by atoms with van der Waals surface area (Å²) in [7, 11) is 3.20. The standard InChI is InChI=1S/C14H17N5OS.C13H18F3NO.C2H6/c1-9-3-4-10(14(20)17-2)5-12(9)19(16)7-11(15)13-6-18-8-21-13;1-3-17(7-8-18-2)10-11-5-4-6-12(9-11)13(14,15)16;1-2/h3-8H,15-16H2,1-2H3,(H,17,20);4-6,9H,3,7-8,10H2,1-2H3;1-2H3/b11-7-;;. The number of aryl methyl sites for hydroxylation is 1. The number of aromatic nitrogens is 1. The highest BCUT2D eigenvalue weighted by molar-refractivity contribution is 7.10. The number of nitrogens with two attached hydrogens (primary N) is 2. The van der Waals surface area contributed by atoms with Crippen LogP contribution in [0.1, 0.15) is 52.7 Å². The summed E-state index contributed by atoms with van der Waals surface area (Å²) in [6, 6.07) is 10.8. The van der Waals surface area contributed by atoms with Crippen molar-refractivity contribution < 1.29 is 22.7 Å². The Kier molecular flexibility index (Phi) is 15.7. The van der Waals surface area contributed by atoms with Gasteiger partial charge in [-0.05, 0) is 42.8 Å². The van der Waals surface area contributed by atoms with Gasteiger partial charge in [0, 0.05) is 45.2 Å². The maximum Gasteiger partial charge on any atom is 0.416 e. The largest absolute Gasteiger partial charge is 0.416 e. The first-order valence-electron chi connectivity index (χ1n) is 13.1. The van der Waals surface area contributed by atoms with Crippen molar-refractivity contribution in [1.29, 1.82) is 0 Å². The van der Waals surface area contributed by atoms with Gasteiger partial charge in [-0.3, -0.25) is 19.7 Å². The second-order valence-corrected chi connectivity index (χ2v) is 9.38. The molecule has 0 fully saturated rings. The SMILES string of the molecule is CC.CCN(CCOC)Cc1cccc(C(F)(F)F)c1.CNC(=O)c1ccc(C)c(N(N)/C=C(\N)c2cncs2)c1. The maximum absolute atomic E-state index is 12.6. The number of alkyl halides is 3. The Bertz CT molecular complexity index is 1220. The Morgan fingerprint density at radius 1 is 1.20 bits per heavy atom. The molecule has 0 saturated carbocycles. The van der Waals surface area contributed by atoms with E-state index in [-0.39, 0.29) is 5.91 Å². The average Bonchev–Trinajstić information content (AvgIpc) is 3.51. The van der Waals surface area contributed by atoms with Gasteiger partial charge >= 0.3 is 6.18 Å². The van der Waals surface area contributed by atoms with E-state index >= 15 is 0 Å². The Morgan fingerprint density at radius 3 is 2.46 bits per heavy atom. The van der Waals surface area contributed by atoms with E-state index in [0.717, 1.165) is 23.1 Å². The smallest absolute Gasteiger partial charge is 0.396 e. The van der Waals surface area contributed by atoms with Crippen molar-refractivity contribution in [3.8, 4) is 0 Å². The number of thiazole rings is 1. The predicted octanol–water partition coefficient (Wildman–Crippen LogP) is 5.65. The number of likely N-dealkylation sites (N-methyl/N-ethyl adjacent to an activating group) is 1. The molecule has 8 nitrogen and oxygen atoms in total. The number of amides is 1. The van der Waals surface area contributed by atoms with E-state index < -0.39 is 11.7 Å². The van der Waals surface area contributed by atoms with Crippen LogP contribution in [0.25, 0.3) is 5.70 Å². The van der Waals surface area contributed by atoms with Gasteiger partial charge < -0.3 is 15.8 Å². The quantitative estimate of drug-likeness (QED) is 0.206. The van der Waals surface area contributed by atoms with Crippen LogP contribution in [0, 0.1) is 6.92 Å². The van der Waals surface area contributed by atoms with Crippen molar-refractivity contribution >= 4 is 28.6 Å². The molecule has 5 N–H and O–H groups in total. The number of anilines is 1. The first kappa shape index (κ1) is 35.6. The summed E-state index contributed by atoms with van der Waals surface area (Å²) in [5.41, 5.74) is 10.5. The zero-order valence-corrected chi connectivity index (χ0v) is 25.3. The summed E-state index contributed by atoms with van der Waals surface area (Å²) in [5.74, 6) is 5.88. The third-order valence-electron chi connectivity index (χ3n) is 5.69. The van der Waals surface area contributed by atoms with Gasteiger partial charge in [0.1, 0.15) is 0 Å². The third kappa shape index (κ3) is 11.9. The van der Waals surface area contributed by atoms with Gasteiger partial charge in [-0.1, -0.05) is 45.0 Å². The molecule has 0 spiro atoms. The fourth-order valence-electron chi connectivity index (χ4n) is 3.49. The predicted molar refractivity (Wildman–Crippen MR) is 161 cm³/mol. The highest BCUT2D eigenvalue weighted by atomic mass is 32.1. The Hall–Kier alpha value is -3.45. The van der Waals surface area contributed by atoms with Gasteiger partial charge in [0.05, 0.1) is 33.9 Å². The van der Waals surface area contributed by atoms with E-state index in [1.165, 1.54) is 28.5 Å². The summed E-state index contributed by atoms with van der Waals surface area (Å²) in [5, 5.41) is 4.00. The number of hydrogen-bond donors (Lipinski definition) is 3. The van der Waals surface area contributed by atoms with Crippen LogP contribution in [0.3, 0.4) is 0 Å². The second-order valence-electron chi connectivity index (χ2n) is 8.50. The van der Waals surface area contributed by atoms with Gasteiger partial charge in [0.15, 0.2) is 0 Å². The number of nitrogens with zero attached hydrogens (tertiary/aromatic N) is 3. The molecule has 0 aliphatic heterocycles. The van der Waals surface area contributed by atoms with Crippen molar-refractivity contribution in [2.24, 2.45) is 11.6 Å². The molecule has 1 aromatic heterocycles. The van der Waals surface area contributed by atoms with Crippen LogP contribution in [0.15, 0.2) is 60.4 Å². The van der Waals surface area contributed by atoms with Crippen LogP contribution < -0.4 is 21.9 Å². The average molecular weight is 595 g/mol. The zero-order chi connectivity index (χ0) is 31.0. The molecule has 0 aliphatic carbocycles. The zero-order valence-electron chi connectivity index (χ0n) is 24.5. The number of benzene rings is 2. The lowest BCUT2D eigenvalue weighted by molar-refractivity contribution is -0.137. The minimum absolute atomic E-state index is 0.163. The topological polar surface area (TPSA) is 110 Å². The number of hydrogen-bond acceptors (Lipinski definition) is 8. The van der Waals surface area contributed by atoms with Crippen molar-refractivity contribution in [2.75, 3.05) is 38.9 Å². The van der Waals surface area contributed by atoms with E-state index in [4.69, 9.17) is 16.3 Å². The van der Waals surface area contributed by atoms with Gasteiger partial charge in [-0.15, -0.1) is 11.3 Å². The van der Waals surface area contributed by atoms with Crippen LogP contribution >= 0.6 is 11.3 Å². The molecule has 0 unspecified atom stereocenters. The molecular formula is C29H41F3N6O2S. The lowest BCUT2D eigenvalue weighted by Crippen LogP contribution is -2.27. The minimum Gasteiger partial charge on any atom is -0.396 e. The van der Waals surface area contributed by atoms with E-state index in [9.17, 15) is 18.0 Å². The lowest BCUT2D eigenvalue weighted by Gasteiger charge is -2.20. The van der Waals surface area contributed by atoms with E-state index in [0.29, 0.717) is 42.2 Å². The first-order chi connectivity index (χ1) is 19.5. The molecule has 3 aromatic rings.